The van der Waals surface area contributed by atoms with Crippen LogP contribution in [0.4, 0.5) is 5.69 Å². The summed E-state index contributed by atoms with van der Waals surface area (Å²) in [7, 11) is 1.65. The third-order valence-corrected chi connectivity index (χ3v) is 3.85. The summed E-state index contributed by atoms with van der Waals surface area (Å²) in [5, 5.41) is 0. The second-order valence-electron chi connectivity index (χ2n) is 5.22. The van der Waals surface area contributed by atoms with E-state index in [9.17, 15) is 0 Å². The van der Waals surface area contributed by atoms with Crippen LogP contribution in [0.5, 0.6) is 5.75 Å². The first-order valence-corrected chi connectivity index (χ1v) is 6.99. The predicted octanol–water partition coefficient (Wildman–Crippen LogP) is 2.92. The first-order valence-electron chi connectivity index (χ1n) is 6.99. The predicted molar refractivity (Wildman–Crippen MR) is 79.8 cm³/mol. The van der Waals surface area contributed by atoms with Crippen LogP contribution in [0.1, 0.15) is 29.8 Å². The number of benzene rings is 1. The van der Waals surface area contributed by atoms with Gasteiger partial charge in [-0.2, -0.15) is 0 Å². The van der Waals surface area contributed by atoms with Crippen molar-refractivity contribution in [3.8, 4) is 17.1 Å². The van der Waals surface area contributed by atoms with Crippen LogP contribution in [0, 0.1) is 6.92 Å². The van der Waals surface area contributed by atoms with Crippen molar-refractivity contribution in [1.29, 1.82) is 0 Å². The maximum Gasteiger partial charge on any atom is 0.163 e. The van der Waals surface area contributed by atoms with E-state index in [1.54, 1.807) is 7.11 Å². The Morgan fingerprint density at radius 2 is 1.95 bits per heavy atom. The zero-order chi connectivity index (χ0) is 14.1. The molecule has 20 heavy (non-hydrogen) atoms. The van der Waals surface area contributed by atoms with Gasteiger partial charge in [-0.3, -0.25) is 0 Å². The molecule has 2 N–H and O–H groups in total. The molecular formula is C16H19N3O. The van der Waals surface area contributed by atoms with Crippen LogP contribution in [0.3, 0.4) is 0 Å². The Kier molecular flexibility index (Phi) is 3.30. The molecule has 4 heteroatoms. The number of aryl methyl sites for hydroxylation is 2. The lowest BCUT2D eigenvalue weighted by atomic mass is 9.94. The number of fused-ring (bicyclic) bond motifs is 1. The molecule has 0 radical (unpaired) electrons. The molecule has 0 fully saturated rings. The highest BCUT2D eigenvalue weighted by Crippen LogP contribution is 2.31. The third kappa shape index (κ3) is 2.22. The minimum absolute atomic E-state index is 0.694. The molecule has 1 aromatic carbocycles. The molecule has 0 saturated carbocycles. The van der Waals surface area contributed by atoms with Crippen LogP contribution in [-0.2, 0) is 12.8 Å². The Labute approximate surface area is 119 Å². The van der Waals surface area contributed by atoms with Gasteiger partial charge in [-0.25, -0.2) is 9.97 Å². The summed E-state index contributed by atoms with van der Waals surface area (Å²) in [4.78, 5) is 9.41. The molecule has 1 aliphatic rings. The van der Waals surface area contributed by atoms with Gasteiger partial charge in [0.15, 0.2) is 5.82 Å². The number of nitrogen functional groups attached to an aromatic ring is 1. The average molecular weight is 269 g/mol. The van der Waals surface area contributed by atoms with Crippen molar-refractivity contribution in [1.82, 2.24) is 9.97 Å². The van der Waals surface area contributed by atoms with Crippen molar-refractivity contribution in [3.05, 3.63) is 35.2 Å². The number of rotatable bonds is 2. The summed E-state index contributed by atoms with van der Waals surface area (Å²) in [5.74, 6) is 1.47. The van der Waals surface area contributed by atoms with Gasteiger partial charge in [-0.05, 0) is 56.4 Å². The van der Waals surface area contributed by atoms with Gasteiger partial charge in [-0.1, -0.05) is 0 Å². The topological polar surface area (TPSA) is 61.0 Å². The summed E-state index contributed by atoms with van der Waals surface area (Å²) < 4.78 is 5.40. The largest absolute Gasteiger partial charge is 0.496 e. The smallest absolute Gasteiger partial charge is 0.163 e. The van der Waals surface area contributed by atoms with Crippen LogP contribution < -0.4 is 10.5 Å². The van der Waals surface area contributed by atoms with Crippen LogP contribution in [-0.4, -0.2) is 17.1 Å². The molecule has 0 spiro atoms. The molecule has 0 saturated heterocycles. The average Bonchev–Trinajstić information content (AvgIpc) is 2.47. The molecule has 1 aliphatic carbocycles. The van der Waals surface area contributed by atoms with Gasteiger partial charge < -0.3 is 10.5 Å². The fourth-order valence-corrected chi connectivity index (χ4v) is 2.80. The van der Waals surface area contributed by atoms with E-state index in [0.29, 0.717) is 11.5 Å². The minimum Gasteiger partial charge on any atom is -0.496 e. The van der Waals surface area contributed by atoms with Gasteiger partial charge in [0.05, 0.1) is 12.7 Å². The summed E-state index contributed by atoms with van der Waals surface area (Å²) in [5.41, 5.74) is 11.0. The zero-order valence-electron chi connectivity index (χ0n) is 11.9. The van der Waals surface area contributed by atoms with E-state index in [0.717, 1.165) is 29.8 Å². The maximum atomic E-state index is 5.88. The number of nitrogens with two attached hydrogens (primary N) is 1. The van der Waals surface area contributed by atoms with E-state index in [-0.39, 0.29) is 0 Å². The van der Waals surface area contributed by atoms with Gasteiger partial charge in [0, 0.05) is 17.1 Å². The van der Waals surface area contributed by atoms with Gasteiger partial charge in [0.2, 0.25) is 0 Å². The van der Waals surface area contributed by atoms with E-state index in [4.69, 9.17) is 15.5 Å². The van der Waals surface area contributed by atoms with E-state index < -0.39 is 0 Å². The van der Waals surface area contributed by atoms with E-state index in [2.05, 4.69) is 11.9 Å². The molecule has 104 valence electrons. The van der Waals surface area contributed by atoms with Crippen molar-refractivity contribution in [2.75, 3.05) is 12.8 Å². The summed E-state index contributed by atoms with van der Waals surface area (Å²) >= 11 is 0. The van der Waals surface area contributed by atoms with Crippen molar-refractivity contribution in [2.24, 2.45) is 0 Å². The zero-order valence-corrected chi connectivity index (χ0v) is 11.9. The van der Waals surface area contributed by atoms with Gasteiger partial charge in [-0.15, -0.1) is 0 Å². The number of aromatic nitrogens is 2. The Bertz CT molecular complexity index is 652. The standard InChI is InChI=1S/C16H19N3O/c1-10-12-5-3-4-6-14(12)19-16(18-10)13-9-11(17)7-8-15(13)20-2/h7-9H,3-6,17H2,1-2H3. The van der Waals surface area contributed by atoms with Crippen LogP contribution >= 0.6 is 0 Å². The number of ether oxygens (including phenoxy) is 1. The number of anilines is 1. The molecular weight excluding hydrogens is 250 g/mol. The minimum atomic E-state index is 0.694. The lowest BCUT2D eigenvalue weighted by Gasteiger charge is -2.18. The van der Waals surface area contributed by atoms with E-state index >= 15 is 0 Å². The molecule has 0 atom stereocenters. The van der Waals surface area contributed by atoms with Crippen molar-refractivity contribution in [2.45, 2.75) is 32.6 Å². The lowest BCUT2D eigenvalue weighted by Crippen LogP contribution is -2.10. The van der Waals surface area contributed by atoms with Gasteiger partial charge in [0.1, 0.15) is 5.75 Å². The van der Waals surface area contributed by atoms with Crippen LogP contribution in [0.25, 0.3) is 11.4 Å². The number of hydrogen-bond donors (Lipinski definition) is 1. The highest BCUT2D eigenvalue weighted by molar-refractivity contribution is 5.69. The van der Waals surface area contributed by atoms with Gasteiger partial charge in [0.25, 0.3) is 0 Å². The summed E-state index contributed by atoms with van der Waals surface area (Å²) in [6.07, 6.45) is 4.57. The third-order valence-electron chi connectivity index (χ3n) is 3.85. The Hall–Kier alpha value is -2.10. The Morgan fingerprint density at radius 1 is 1.15 bits per heavy atom. The molecule has 2 aromatic rings. The number of nitrogens with zero attached hydrogens (tertiary/aromatic N) is 2. The highest BCUT2D eigenvalue weighted by Gasteiger charge is 2.18. The van der Waals surface area contributed by atoms with E-state index in [1.807, 2.05) is 18.2 Å². The number of hydrogen-bond acceptors (Lipinski definition) is 4. The summed E-state index contributed by atoms with van der Waals surface area (Å²) in [6.45, 7) is 2.06. The highest BCUT2D eigenvalue weighted by atomic mass is 16.5. The van der Waals surface area contributed by atoms with Crippen molar-refractivity contribution >= 4 is 5.69 Å². The molecule has 0 unspecified atom stereocenters. The second kappa shape index (κ2) is 5.12. The second-order valence-corrected chi connectivity index (χ2v) is 5.22. The summed E-state index contributed by atoms with van der Waals surface area (Å²) in [6, 6.07) is 5.57. The SMILES string of the molecule is COc1ccc(N)cc1-c1nc(C)c2c(n1)CCCC2. The van der Waals surface area contributed by atoms with E-state index in [1.165, 1.54) is 24.1 Å². The number of methoxy groups -OCH3 is 1. The molecule has 0 aliphatic heterocycles. The maximum absolute atomic E-state index is 5.88. The van der Waals surface area contributed by atoms with Crippen LogP contribution in [0.15, 0.2) is 18.2 Å². The molecule has 1 aromatic heterocycles. The first kappa shape index (κ1) is 12.9. The quantitative estimate of drug-likeness (QED) is 0.851. The molecule has 4 nitrogen and oxygen atoms in total. The normalized spacial score (nSPS) is 13.9. The monoisotopic (exact) mass is 269 g/mol. The molecule has 0 bridgehead atoms. The molecule has 0 amide bonds. The lowest BCUT2D eigenvalue weighted by molar-refractivity contribution is 0.416. The Morgan fingerprint density at radius 3 is 2.75 bits per heavy atom. The van der Waals surface area contributed by atoms with Crippen LogP contribution in [0.2, 0.25) is 0 Å². The fourth-order valence-electron chi connectivity index (χ4n) is 2.80. The van der Waals surface area contributed by atoms with Crippen molar-refractivity contribution < 1.29 is 4.74 Å². The van der Waals surface area contributed by atoms with Gasteiger partial charge >= 0.3 is 0 Å². The Balaban J connectivity index is 2.15. The molecule has 3 rings (SSSR count). The fraction of sp³-hybridized carbons (Fsp3) is 0.375. The molecule has 1 heterocycles. The van der Waals surface area contributed by atoms with Crippen molar-refractivity contribution in [3.63, 3.8) is 0 Å². The first-order chi connectivity index (χ1) is 9.69.